The molecule has 0 unspecified atom stereocenters. The quantitative estimate of drug-likeness (QED) is 0.512. The van der Waals surface area contributed by atoms with E-state index >= 15 is 0 Å². The van der Waals surface area contributed by atoms with Crippen LogP contribution in [0.4, 0.5) is 0 Å². The molecule has 0 saturated carbocycles. The molecule has 0 spiro atoms. The summed E-state index contributed by atoms with van der Waals surface area (Å²) in [6, 6.07) is 0. The van der Waals surface area contributed by atoms with Crippen LogP contribution in [0.1, 0.15) is 6.92 Å². The van der Waals surface area contributed by atoms with Crippen LogP contribution in [-0.4, -0.2) is 6.29 Å². The van der Waals surface area contributed by atoms with Crippen molar-refractivity contribution in [3.8, 4) is 0 Å². The normalized spacial score (nSPS) is 17.5. The number of carbonyl (C=O) groups is 1. The van der Waals surface area contributed by atoms with Gasteiger partial charge in [0, 0.05) is 0 Å². The van der Waals surface area contributed by atoms with E-state index in [4.69, 9.17) is 61.3 Å². The van der Waals surface area contributed by atoms with Crippen LogP contribution in [-0.2, 0) is 12.1 Å². The fourth-order valence-corrected chi connectivity index (χ4v) is 0. The van der Waals surface area contributed by atoms with Gasteiger partial charge in [-0.25, -0.2) is 0 Å². The number of carbonyl (C=O) groups excluding carboxylic acids is 1. The summed E-state index contributed by atoms with van der Waals surface area (Å²) in [4.78, 5) is 8.81. The van der Waals surface area contributed by atoms with Gasteiger partial charge >= 0.3 is 63.8 Å². The van der Waals surface area contributed by atoms with Crippen LogP contribution in [0.3, 0.4) is 0 Å². The Kier molecular flexibility index (Phi) is 5.05. The monoisotopic (exact) mass is 438 g/mol. The Morgan fingerprint density at radius 1 is 1.00 bits per heavy atom. The number of hydrogen-bond acceptors (Lipinski definition) is 1. The van der Waals surface area contributed by atoms with Crippen LogP contribution < -0.4 is 0 Å². The SMILES string of the molecule is CC=O.[Cl][W]([Cl])([Cl])([Cl])([Cl])[Cl]. The Morgan fingerprint density at radius 3 is 1.00 bits per heavy atom. The summed E-state index contributed by atoms with van der Waals surface area (Å²) in [7, 11) is 24.9. The molecule has 0 aliphatic carbocycles. The minimum absolute atomic E-state index is 0.750. The van der Waals surface area contributed by atoms with E-state index in [0.717, 1.165) is 6.29 Å². The van der Waals surface area contributed by atoms with Gasteiger partial charge in [-0.2, -0.15) is 0 Å². The third-order valence-electron chi connectivity index (χ3n) is 0. The Labute approximate surface area is 80.9 Å². The van der Waals surface area contributed by atoms with E-state index in [-0.39, 0.29) is 0 Å². The molecule has 0 aromatic heterocycles. The van der Waals surface area contributed by atoms with Gasteiger partial charge in [0.05, 0.1) is 0 Å². The summed E-state index contributed by atoms with van der Waals surface area (Å²) < 4.78 is 0. The zero-order valence-electron chi connectivity index (χ0n) is 4.66. The first-order valence-corrected chi connectivity index (χ1v) is 23.5. The third kappa shape index (κ3) is 190. The molecular formula is C2H4Cl6OW. The number of hydrogen-bond donors (Lipinski definition) is 0. The fraction of sp³-hybridized carbons (Fsp3) is 0.500. The summed E-state index contributed by atoms with van der Waals surface area (Å²) in [6.45, 7) is 1.44. The molecule has 0 bridgehead atoms. The van der Waals surface area contributed by atoms with Crippen molar-refractivity contribution >= 4 is 62.8 Å². The first kappa shape index (κ1) is 14.6. The van der Waals surface area contributed by atoms with Crippen LogP contribution in [0, 0.1) is 0 Å². The summed E-state index contributed by atoms with van der Waals surface area (Å²) >= 11 is 0. The van der Waals surface area contributed by atoms with Gasteiger partial charge in [0.1, 0.15) is 6.29 Å². The predicted octanol–water partition coefficient (Wildman–Crippen LogP) is 4.34. The molecule has 0 saturated heterocycles. The second-order valence-electron chi connectivity index (χ2n) is 1.11. The Hall–Kier alpha value is 2.10. The second-order valence-corrected chi connectivity index (χ2v) is 64.7. The maximum absolute atomic E-state index is 8.81. The van der Waals surface area contributed by atoms with E-state index in [1.165, 1.54) is 6.92 Å². The van der Waals surface area contributed by atoms with E-state index in [2.05, 4.69) is 0 Å². The van der Waals surface area contributed by atoms with Gasteiger partial charge < -0.3 is 4.79 Å². The maximum atomic E-state index is 8.81. The van der Waals surface area contributed by atoms with Crippen molar-refractivity contribution in [1.29, 1.82) is 0 Å². The van der Waals surface area contributed by atoms with Crippen molar-refractivity contribution in [3.63, 3.8) is 0 Å². The molecule has 0 atom stereocenters. The van der Waals surface area contributed by atoms with Crippen LogP contribution in [0.5, 0.6) is 0 Å². The van der Waals surface area contributed by atoms with Gasteiger partial charge in [0.25, 0.3) is 0 Å². The van der Waals surface area contributed by atoms with Crippen molar-refractivity contribution in [2.75, 3.05) is 0 Å². The van der Waals surface area contributed by atoms with Crippen LogP contribution in [0.25, 0.3) is 0 Å². The second kappa shape index (κ2) is 3.46. The van der Waals surface area contributed by atoms with Crippen molar-refractivity contribution in [2.24, 2.45) is 0 Å². The molecule has 0 aliphatic rings. The third-order valence-corrected chi connectivity index (χ3v) is 0. The first-order valence-electron chi connectivity index (χ1n) is 1.74. The fourth-order valence-electron chi connectivity index (χ4n) is 0. The molecule has 8 heteroatoms. The predicted molar refractivity (Wildman–Crippen MR) is 46.9 cm³/mol. The van der Waals surface area contributed by atoms with Gasteiger partial charge in [-0.05, 0) is 6.92 Å². The summed E-state index contributed by atoms with van der Waals surface area (Å²) in [5.74, 6) is 0. The number of halogens is 6. The van der Waals surface area contributed by atoms with E-state index in [1.54, 1.807) is 0 Å². The van der Waals surface area contributed by atoms with Gasteiger partial charge in [-0.15, -0.1) is 0 Å². The molecule has 0 heterocycles. The molecule has 0 aliphatic heterocycles. The van der Waals surface area contributed by atoms with Crippen molar-refractivity contribution in [3.05, 3.63) is 0 Å². The molecule has 0 radical (unpaired) electrons. The summed E-state index contributed by atoms with van der Waals surface area (Å²) in [5.41, 5.74) is 0. The van der Waals surface area contributed by atoms with Gasteiger partial charge in [0.15, 0.2) is 0 Å². The van der Waals surface area contributed by atoms with Gasteiger partial charge in [-0.3, -0.25) is 0 Å². The molecule has 0 fully saturated rings. The zero-order valence-corrected chi connectivity index (χ0v) is 12.1. The van der Waals surface area contributed by atoms with E-state index < -0.39 is 7.31 Å². The molecule has 0 N–H and O–H groups in total. The number of rotatable bonds is 0. The van der Waals surface area contributed by atoms with Gasteiger partial charge in [0.2, 0.25) is 0 Å². The van der Waals surface area contributed by atoms with E-state index in [0.29, 0.717) is 0 Å². The zero-order chi connectivity index (χ0) is 9.12. The molecule has 0 aromatic carbocycles. The topological polar surface area (TPSA) is 17.1 Å². The van der Waals surface area contributed by atoms with Crippen molar-refractivity contribution < 1.29 is 12.1 Å². The molecular weight excluding hydrogens is 437 g/mol. The molecule has 10 heavy (non-hydrogen) atoms. The van der Waals surface area contributed by atoms with Crippen LogP contribution >= 0.6 is 56.5 Å². The molecule has 66 valence electrons. The number of aldehydes is 1. The Morgan fingerprint density at radius 2 is 1.00 bits per heavy atom. The standard InChI is InChI=1S/C2H4O.6ClH.W/c1-2-3;;;;;;;/h2H,1H3;6*1H;/q;;;;;;;+6/p-6. The van der Waals surface area contributed by atoms with Gasteiger partial charge in [-0.1, -0.05) is 0 Å². The average Bonchev–Trinajstić information content (AvgIpc) is 1.20. The first-order chi connectivity index (χ1) is 3.86. The van der Waals surface area contributed by atoms with Crippen LogP contribution in [0.15, 0.2) is 0 Å². The molecule has 0 amide bonds. The molecule has 0 aromatic rings. The average molecular weight is 441 g/mol. The molecule has 1 nitrogen and oxygen atoms in total. The van der Waals surface area contributed by atoms with Crippen molar-refractivity contribution in [2.45, 2.75) is 6.92 Å². The van der Waals surface area contributed by atoms with E-state index in [9.17, 15) is 0 Å². The Bertz CT molecular complexity index is 105. The Balaban J connectivity index is 0. The van der Waals surface area contributed by atoms with Crippen LogP contribution in [0.2, 0.25) is 0 Å². The van der Waals surface area contributed by atoms with Crippen molar-refractivity contribution in [1.82, 2.24) is 0 Å². The summed E-state index contributed by atoms with van der Waals surface area (Å²) in [5, 5.41) is 0. The minimum atomic E-state index is -5.47. The summed E-state index contributed by atoms with van der Waals surface area (Å²) in [6.07, 6.45) is 0.750. The molecule has 0 rings (SSSR count). The van der Waals surface area contributed by atoms with E-state index in [1.807, 2.05) is 0 Å².